The molecule has 0 fully saturated rings. The van der Waals surface area contributed by atoms with Crippen LogP contribution in [-0.4, -0.2) is 18.6 Å². The molecular formula is C19H19ClN2O3. The molecule has 0 saturated carbocycles. The van der Waals surface area contributed by atoms with Gasteiger partial charge in [-0.3, -0.25) is 4.79 Å². The lowest BCUT2D eigenvalue weighted by molar-refractivity contribution is -0.122. The normalized spacial score (nSPS) is 11.2. The lowest BCUT2D eigenvalue weighted by atomic mass is 10.2. The molecule has 0 spiro atoms. The van der Waals surface area contributed by atoms with Crippen LogP contribution < -0.4 is 14.8 Å². The van der Waals surface area contributed by atoms with Crippen molar-refractivity contribution in [3.05, 3.63) is 53.6 Å². The fourth-order valence-electron chi connectivity index (χ4n) is 2.02. The van der Waals surface area contributed by atoms with Gasteiger partial charge in [0.1, 0.15) is 11.5 Å². The average molecular weight is 359 g/mol. The number of anilines is 1. The number of hydrogen-bond donors (Lipinski definition) is 1. The molecule has 6 heteroatoms. The summed E-state index contributed by atoms with van der Waals surface area (Å²) in [6.45, 7) is 2.13. The number of ether oxygens (including phenoxy) is 2. The number of halogens is 1. The molecule has 25 heavy (non-hydrogen) atoms. The zero-order valence-corrected chi connectivity index (χ0v) is 14.6. The molecule has 0 aliphatic heterocycles. The standard InChI is InChI=1S/C19H19ClN2O3/c1-14(25-17-9-7-15(20)8-10-17)19(23)22-16-5-4-6-18(13-16)24-12-3-2-11-21/h4-10,13-14H,2-3,12H2,1H3,(H,22,23). The highest BCUT2D eigenvalue weighted by molar-refractivity contribution is 6.30. The number of nitriles is 1. The number of amides is 1. The molecule has 1 unspecified atom stereocenters. The average Bonchev–Trinajstić information content (AvgIpc) is 2.61. The number of nitrogens with zero attached hydrogens (tertiary/aromatic N) is 1. The van der Waals surface area contributed by atoms with Crippen molar-refractivity contribution < 1.29 is 14.3 Å². The van der Waals surface area contributed by atoms with Crippen molar-refractivity contribution in [3.63, 3.8) is 0 Å². The molecule has 0 heterocycles. The number of hydrogen-bond acceptors (Lipinski definition) is 4. The van der Waals surface area contributed by atoms with E-state index < -0.39 is 6.10 Å². The van der Waals surface area contributed by atoms with Gasteiger partial charge >= 0.3 is 0 Å². The lowest BCUT2D eigenvalue weighted by Crippen LogP contribution is -2.30. The van der Waals surface area contributed by atoms with Crippen LogP contribution in [0.15, 0.2) is 48.5 Å². The molecule has 0 radical (unpaired) electrons. The molecule has 0 aliphatic carbocycles. The summed E-state index contributed by atoms with van der Waals surface area (Å²) in [5, 5.41) is 11.9. The number of rotatable bonds is 8. The van der Waals surface area contributed by atoms with Crippen LogP contribution in [0.1, 0.15) is 19.8 Å². The van der Waals surface area contributed by atoms with Gasteiger partial charge in [-0.05, 0) is 49.7 Å². The van der Waals surface area contributed by atoms with Crippen LogP contribution in [0.4, 0.5) is 5.69 Å². The molecule has 0 saturated heterocycles. The molecule has 0 bridgehead atoms. The van der Waals surface area contributed by atoms with E-state index in [0.717, 1.165) is 0 Å². The predicted molar refractivity (Wildman–Crippen MR) is 97.0 cm³/mol. The van der Waals surface area contributed by atoms with Crippen LogP contribution in [0, 0.1) is 11.3 Å². The van der Waals surface area contributed by atoms with Crippen LogP contribution in [0.5, 0.6) is 11.5 Å². The first-order chi connectivity index (χ1) is 12.1. The fraction of sp³-hybridized carbons (Fsp3) is 0.263. The number of nitrogens with one attached hydrogen (secondary N) is 1. The van der Waals surface area contributed by atoms with Gasteiger partial charge in [0.2, 0.25) is 0 Å². The summed E-state index contributed by atoms with van der Waals surface area (Å²) in [7, 11) is 0. The largest absolute Gasteiger partial charge is 0.493 e. The fourth-order valence-corrected chi connectivity index (χ4v) is 2.15. The van der Waals surface area contributed by atoms with Crippen molar-refractivity contribution in [1.29, 1.82) is 5.26 Å². The van der Waals surface area contributed by atoms with E-state index >= 15 is 0 Å². The van der Waals surface area contributed by atoms with E-state index in [1.807, 2.05) is 0 Å². The molecule has 2 aromatic rings. The van der Waals surface area contributed by atoms with E-state index in [1.54, 1.807) is 55.5 Å². The minimum atomic E-state index is -0.665. The molecule has 5 nitrogen and oxygen atoms in total. The Labute approximate surface area is 152 Å². The summed E-state index contributed by atoms with van der Waals surface area (Å²) in [5.41, 5.74) is 0.620. The highest BCUT2D eigenvalue weighted by atomic mass is 35.5. The summed E-state index contributed by atoms with van der Waals surface area (Å²) < 4.78 is 11.1. The molecular weight excluding hydrogens is 340 g/mol. The van der Waals surface area contributed by atoms with Crippen molar-refractivity contribution in [2.75, 3.05) is 11.9 Å². The van der Waals surface area contributed by atoms with E-state index in [2.05, 4.69) is 11.4 Å². The number of carbonyl (C=O) groups excluding carboxylic acids is 1. The van der Waals surface area contributed by atoms with Gasteiger partial charge in [-0.2, -0.15) is 5.26 Å². The minimum absolute atomic E-state index is 0.267. The van der Waals surface area contributed by atoms with Crippen LogP contribution in [0.3, 0.4) is 0 Å². The maximum Gasteiger partial charge on any atom is 0.265 e. The zero-order valence-electron chi connectivity index (χ0n) is 13.9. The van der Waals surface area contributed by atoms with Gasteiger partial charge < -0.3 is 14.8 Å². The smallest absolute Gasteiger partial charge is 0.265 e. The Hall–Kier alpha value is -2.71. The Morgan fingerprint density at radius 1 is 1.24 bits per heavy atom. The van der Waals surface area contributed by atoms with Crippen LogP contribution >= 0.6 is 11.6 Å². The van der Waals surface area contributed by atoms with Crippen molar-refractivity contribution in [1.82, 2.24) is 0 Å². The lowest BCUT2D eigenvalue weighted by Gasteiger charge is -2.15. The van der Waals surface area contributed by atoms with Gasteiger partial charge in [-0.25, -0.2) is 0 Å². The second-order valence-corrected chi connectivity index (χ2v) is 5.78. The molecule has 1 N–H and O–H groups in total. The van der Waals surface area contributed by atoms with E-state index in [9.17, 15) is 4.79 Å². The van der Waals surface area contributed by atoms with Gasteiger partial charge in [0.15, 0.2) is 6.10 Å². The number of carbonyl (C=O) groups is 1. The van der Waals surface area contributed by atoms with Crippen molar-refractivity contribution >= 4 is 23.2 Å². The molecule has 0 aromatic heterocycles. The zero-order chi connectivity index (χ0) is 18.1. The molecule has 2 aromatic carbocycles. The number of unbranched alkanes of at least 4 members (excludes halogenated alkanes) is 1. The van der Waals surface area contributed by atoms with Crippen molar-refractivity contribution in [3.8, 4) is 17.6 Å². The van der Waals surface area contributed by atoms with Crippen LogP contribution in [0.2, 0.25) is 5.02 Å². The summed E-state index contributed by atoms with van der Waals surface area (Å²) in [4.78, 5) is 12.3. The predicted octanol–water partition coefficient (Wildman–Crippen LogP) is 4.43. The number of benzene rings is 2. The molecule has 1 amide bonds. The molecule has 1 atom stereocenters. The van der Waals surface area contributed by atoms with Gasteiger partial charge in [0.25, 0.3) is 5.91 Å². The van der Waals surface area contributed by atoms with Gasteiger partial charge in [0, 0.05) is 23.2 Å². The third-order valence-corrected chi connectivity index (χ3v) is 3.55. The highest BCUT2D eigenvalue weighted by Gasteiger charge is 2.15. The van der Waals surface area contributed by atoms with E-state index in [4.69, 9.17) is 26.3 Å². The first-order valence-electron chi connectivity index (χ1n) is 7.91. The summed E-state index contributed by atoms with van der Waals surface area (Å²) in [5.74, 6) is 0.945. The first kappa shape index (κ1) is 18.6. The maximum atomic E-state index is 12.3. The van der Waals surface area contributed by atoms with Crippen molar-refractivity contribution in [2.45, 2.75) is 25.9 Å². The van der Waals surface area contributed by atoms with Crippen LogP contribution in [0.25, 0.3) is 0 Å². The Kier molecular flexibility index (Phi) is 7.12. The first-order valence-corrected chi connectivity index (χ1v) is 8.29. The second kappa shape index (κ2) is 9.55. The highest BCUT2D eigenvalue weighted by Crippen LogP contribution is 2.20. The summed E-state index contributed by atoms with van der Waals surface area (Å²) >= 11 is 5.82. The molecule has 2 rings (SSSR count). The molecule has 0 aliphatic rings. The van der Waals surface area contributed by atoms with E-state index in [-0.39, 0.29) is 5.91 Å². The Morgan fingerprint density at radius 2 is 2.00 bits per heavy atom. The van der Waals surface area contributed by atoms with E-state index in [0.29, 0.717) is 41.7 Å². The van der Waals surface area contributed by atoms with Crippen LogP contribution in [-0.2, 0) is 4.79 Å². The summed E-state index contributed by atoms with van der Waals surface area (Å²) in [6, 6.07) is 16.0. The Balaban J connectivity index is 1.88. The quantitative estimate of drug-likeness (QED) is 0.708. The van der Waals surface area contributed by atoms with Gasteiger partial charge in [-0.1, -0.05) is 17.7 Å². The monoisotopic (exact) mass is 358 g/mol. The SMILES string of the molecule is CC(Oc1ccc(Cl)cc1)C(=O)Nc1cccc(OCCCC#N)c1. The second-order valence-electron chi connectivity index (χ2n) is 5.34. The maximum absolute atomic E-state index is 12.3. The minimum Gasteiger partial charge on any atom is -0.493 e. The topological polar surface area (TPSA) is 71.3 Å². The Morgan fingerprint density at radius 3 is 2.72 bits per heavy atom. The Bertz CT molecular complexity index is 741. The van der Waals surface area contributed by atoms with Gasteiger partial charge in [-0.15, -0.1) is 0 Å². The van der Waals surface area contributed by atoms with Crippen molar-refractivity contribution in [2.24, 2.45) is 0 Å². The van der Waals surface area contributed by atoms with E-state index in [1.165, 1.54) is 0 Å². The third-order valence-electron chi connectivity index (χ3n) is 3.30. The molecule has 130 valence electrons. The van der Waals surface area contributed by atoms with Gasteiger partial charge in [0.05, 0.1) is 12.7 Å². The summed E-state index contributed by atoms with van der Waals surface area (Å²) in [6.07, 6.45) is 0.455. The third kappa shape index (κ3) is 6.36.